The second-order valence-electron chi connectivity index (χ2n) is 8.02. The summed E-state index contributed by atoms with van der Waals surface area (Å²) in [4.78, 5) is 12.3. The van der Waals surface area contributed by atoms with Crippen LogP contribution in [0.1, 0.15) is 59.6 Å². The molecule has 5 heteroatoms. The van der Waals surface area contributed by atoms with E-state index in [1.54, 1.807) is 7.11 Å². The van der Waals surface area contributed by atoms with Gasteiger partial charge in [0.05, 0.1) is 25.8 Å². The minimum absolute atomic E-state index is 0.156. The molecule has 0 heterocycles. The Morgan fingerprint density at radius 1 is 1.20 bits per heavy atom. The molecule has 2 atom stereocenters. The minimum atomic E-state index is -0.560. The molecule has 0 aromatic heterocycles. The molecule has 1 aromatic rings. The highest BCUT2D eigenvalue weighted by atomic mass is 16.5. The number of rotatable bonds is 8. The number of nitrogens with one attached hydrogen (secondary N) is 1. The normalized spacial score (nSPS) is 14.1. The van der Waals surface area contributed by atoms with Gasteiger partial charge in [0.25, 0.3) is 0 Å². The molecule has 0 aliphatic heterocycles. The van der Waals surface area contributed by atoms with Gasteiger partial charge in [-0.1, -0.05) is 40.7 Å². The number of ether oxygens (including phenoxy) is 2. The maximum absolute atomic E-state index is 12.3. The number of nitrogens with two attached hydrogens (primary N) is 1. The summed E-state index contributed by atoms with van der Waals surface area (Å²) in [6.07, 6.45) is 0.988. The van der Waals surface area contributed by atoms with Crippen molar-refractivity contribution in [2.75, 3.05) is 13.7 Å². The molecule has 5 nitrogen and oxygen atoms in total. The Hall–Kier alpha value is -1.75. The Labute approximate surface area is 152 Å². The molecule has 1 amide bonds. The zero-order chi connectivity index (χ0) is 19.2. The van der Waals surface area contributed by atoms with E-state index in [-0.39, 0.29) is 17.4 Å². The van der Waals surface area contributed by atoms with Crippen molar-refractivity contribution in [1.29, 1.82) is 0 Å². The largest absolute Gasteiger partial charge is 0.493 e. The highest BCUT2D eigenvalue weighted by Gasteiger charge is 2.28. The van der Waals surface area contributed by atoms with Crippen molar-refractivity contribution < 1.29 is 14.3 Å². The highest BCUT2D eigenvalue weighted by molar-refractivity contribution is 5.82. The van der Waals surface area contributed by atoms with Gasteiger partial charge in [0.1, 0.15) is 0 Å². The molecule has 1 aromatic carbocycles. The van der Waals surface area contributed by atoms with Crippen LogP contribution in [0.3, 0.4) is 0 Å². The second-order valence-corrected chi connectivity index (χ2v) is 8.02. The summed E-state index contributed by atoms with van der Waals surface area (Å²) in [7, 11) is 1.62. The molecule has 142 valence electrons. The van der Waals surface area contributed by atoms with Crippen LogP contribution in [-0.4, -0.2) is 25.7 Å². The Morgan fingerprint density at radius 3 is 2.36 bits per heavy atom. The second kappa shape index (κ2) is 9.09. The third kappa shape index (κ3) is 6.58. The van der Waals surface area contributed by atoms with Gasteiger partial charge in [-0.2, -0.15) is 0 Å². The number of carbonyl (C=O) groups excluding carboxylic acids is 1. The Balaban J connectivity index is 2.79. The van der Waals surface area contributed by atoms with E-state index in [9.17, 15) is 4.79 Å². The molecule has 0 spiro atoms. The van der Waals surface area contributed by atoms with Crippen LogP contribution in [0.2, 0.25) is 0 Å². The molecule has 0 bridgehead atoms. The standard InChI is InChI=1S/C20H34N2O3/c1-13(2)10-11-25-16-9-8-15(12-17(16)24-7)14(3)22-19(23)18(21)20(4,5)6/h8-9,12-14,18H,10-11,21H2,1-7H3,(H,22,23)/t14?,18-/m1/s1. The average molecular weight is 351 g/mol. The maximum Gasteiger partial charge on any atom is 0.237 e. The number of benzene rings is 1. The number of methoxy groups -OCH3 is 1. The van der Waals surface area contributed by atoms with Crippen molar-refractivity contribution >= 4 is 5.91 Å². The van der Waals surface area contributed by atoms with Gasteiger partial charge in [0.15, 0.2) is 11.5 Å². The van der Waals surface area contributed by atoms with Gasteiger partial charge in [-0.15, -0.1) is 0 Å². The predicted molar refractivity (Wildman–Crippen MR) is 102 cm³/mol. The van der Waals surface area contributed by atoms with E-state index < -0.39 is 6.04 Å². The van der Waals surface area contributed by atoms with Gasteiger partial charge < -0.3 is 20.5 Å². The molecule has 1 rings (SSSR count). The van der Waals surface area contributed by atoms with Crippen molar-refractivity contribution in [1.82, 2.24) is 5.32 Å². The van der Waals surface area contributed by atoms with Crippen LogP contribution in [0.4, 0.5) is 0 Å². The molecule has 0 radical (unpaired) electrons. The summed E-state index contributed by atoms with van der Waals surface area (Å²) in [5.41, 5.74) is 6.69. The van der Waals surface area contributed by atoms with Crippen molar-refractivity contribution in [2.45, 2.75) is 60.0 Å². The van der Waals surface area contributed by atoms with Gasteiger partial charge in [0, 0.05) is 0 Å². The van der Waals surface area contributed by atoms with Crippen LogP contribution in [0, 0.1) is 11.3 Å². The van der Waals surface area contributed by atoms with E-state index in [0.29, 0.717) is 18.3 Å². The summed E-state index contributed by atoms with van der Waals surface area (Å²) in [5, 5.41) is 2.97. The van der Waals surface area contributed by atoms with E-state index in [1.165, 1.54) is 0 Å². The quantitative estimate of drug-likeness (QED) is 0.750. The molecule has 0 fully saturated rings. The molecule has 0 aliphatic rings. The van der Waals surface area contributed by atoms with Crippen LogP contribution < -0.4 is 20.5 Å². The molecule has 0 aliphatic carbocycles. The van der Waals surface area contributed by atoms with Gasteiger partial charge in [0.2, 0.25) is 5.91 Å². The lowest BCUT2D eigenvalue weighted by molar-refractivity contribution is -0.125. The Morgan fingerprint density at radius 2 is 1.84 bits per heavy atom. The minimum Gasteiger partial charge on any atom is -0.493 e. The molecule has 0 saturated heterocycles. The van der Waals surface area contributed by atoms with Crippen molar-refractivity contribution in [2.24, 2.45) is 17.1 Å². The van der Waals surface area contributed by atoms with Crippen LogP contribution >= 0.6 is 0 Å². The van der Waals surface area contributed by atoms with Crippen LogP contribution in [0.5, 0.6) is 11.5 Å². The first-order valence-corrected chi connectivity index (χ1v) is 8.93. The molecule has 1 unspecified atom stereocenters. The van der Waals surface area contributed by atoms with E-state index in [2.05, 4.69) is 19.2 Å². The molecular weight excluding hydrogens is 316 g/mol. The highest BCUT2D eigenvalue weighted by Crippen LogP contribution is 2.31. The molecule has 3 N–H and O–H groups in total. The van der Waals surface area contributed by atoms with Crippen LogP contribution in [0.25, 0.3) is 0 Å². The lowest BCUT2D eigenvalue weighted by Gasteiger charge is -2.27. The predicted octanol–water partition coefficient (Wildman–Crippen LogP) is 3.67. The summed E-state index contributed by atoms with van der Waals surface area (Å²) in [6.45, 7) is 12.8. The average Bonchev–Trinajstić information content (AvgIpc) is 2.52. The van der Waals surface area contributed by atoms with E-state index in [4.69, 9.17) is 15.2 Å². The molecule has 25 heavy (non-hydrogen) atoms. The number of hydrogen-bond donors (Lipinski definition) is 2. The third-order valence-corrected chi connectivity index (χ3v) is 4.21. The van der Waals surface area contributed by atoms with Crippen molar-refractivity contribution in [3.05, 3.63) is 23.8 Å². The first-order valence-electron chi connectivity index (χ1n) is 8.93. The first kappa shape index (κ1) is 21.3. The van der Waals surface area contributed by atoms with Gasteiger partial charge >= 0.3 is 0 Å². The SMILES string of the molecule is COc1cc(C(C)NC(=O)[C@@H](N)C(C)(C)C)ccc1OCCC(C)C. The summed E-state index contributed by atoms with van der Waals surface area (Å²) >= 11 is 0. The molecular formula is C20H34N2O3. The third-order valence-electron chi connectivity index (χ3n) is 4.21. The number of hydrogen-bond acceptors (Lipinski definition) is 4. The lowest BCUT2D eigenvalue weighted by Crippen LogP contribution is -2.49. The Bertz CT molecular complexity index is 565. The number of carbonyl (C=O) groups is 1. The number of amides is 1. The fourth-order valence-corrected chi connectivity index (χ4v) is 2.26. The zero-order valence-corrected chi connectivity index (χ0v) is 16.7. The van der Waals surface area contributed by atoms with Gasteiger partial charge in [-0.3, -0.25) is 4.79 Å². The topological polar surface area (TPSA) is 73.6 Å². The monoisotopic (exact) mass is 350 g/mol. The van der Waals surface area contributed by atoms with E-state index in [0.717, 1.165) is 17.7 Å². The van der Waals surface area contributed by atoms with Crippen LogP contribution in [0.15, 0.2) is 18.2 Å². The molecule has 0 saturated carbocycles. The van der Waals surface area contributed by atoms with Crippen LogP contribution in [-0.2, 0) is 4.79 Å². The fraction of sp³-hybridized carbons (Fsp3) is 0.650. The Kier molecular flexibility index (Phi) is 7.74. The van der Waals surface area contributed by atoms with Gasteiger partial charge in [-0.25, -0.2) is 0 Å². The summed E-state index contributed by atoms with van der Waals surface area (Å²) in [6, 6.07) is 5.01. The zero-order valence-electron chi connectivity index (χ0n) is 16.7. The summed E-state index contributed by atoms with van der Waals surface area (Å²) in [5.74, 6) is 1.82. The summed E-state index contributed by atoms with van der Waals surface area (Å²) < 4.78 is 11.2. The van der Waals surface area contributed by atoms with Crippen molar-refractivity contribution in [3.63, 3.8) is 0 Å². The van der Waals surface area contributed by atoms with E-state index >= 15 is 0 Å². The first-order chi connectivity index (χ1) is 11.6. The van der Waals surface area contributed by atoms with E-state index in [1.807, 2.05) is 45.9 Å². The van der Waals surface area contributed by atoms with Crippen molar-refractivity contribution in [3.8, 4) is 11.5 Å². The lowest BCUT2D eigenvalue weighted by atomic mass is 9.86. The fourth-order valence-electron chi connectivity index (χ4n) is 2.26. The maximum atomic E-state index is 12.3. The van der Waals surface area contributed by atoms with Gasteiger partial charge in [-0.05, 0) is 42.4 Å². The smallest absolute Gasteiger partial charge is 0.237 e.